The summed E-state index contributed by atoms with van der Waals surface area (Å²) in [6.07, 6.45) is 3.23. The molecule has 1 aliphatic heterocycles. The monoisotopic (exact) mass is 560 g/mol. The van der Waals surface area contributed by atoms with Gasteiger partial charge in [-0.25, -0.2) is 9.78 Å². The highest BCUT2D eigenvalue weighted by molar-refractivity contribution is 7.17. The maximum atomic E-state index is 13.5. The molecule has 1 N–H and O–H groups in total. The Balaban J connectivity index is 1.87. The summed E-state index contributed by atoms with van der Waals surface area (Å²) in [6.45, 7) is 11.3. The van der Waals surface area contributed by atoms with Crippen LogP contribution in [0.4, 0.5) is 5.13 Å². The van der Waals surface area contributed by atoms with Crippen LogP contribution in [0.25, 0.3) is 5.76 Å². The zero-order valence-electron chi connectivity index (χ0n) is 22.3. The summed E-state index contributed by atoms with van der Waals surface area (Å²) in [5, 5.41) is 11.6. The molecule has 0 bridgehead atoms. The van der Waals surface area contributed by atoms with E-state index in [-0.39, 0.29) is 21.3 Å². The molecule has 3 aromatic rings. The number of hydrogen-bond donors (Lipinski definition) is 1. The van der Waals surface area contributed by atoms with Crippen molar-refractivity contribution in [3.63, 3.8) is 0 Å². The molecular formula is C30H28N2O7S. The first kappa shape index (κ1) is 28.3. The molecule has 1 saturated heterocycles. The van der Waals surface area contributed by atoms with Crippen LogP contribution in [0.3, 0.4) is 0 Å². The number of hydrogen-bond acceptors (Lipinski definition) is 9. The van der Waals surface area contributed by atoms with Crippen LogP contribution in [0.2, 0.25) is 0 Å². The van der Waals surface area contributed by atoms with E-state index in [1.54, 1.807) is 68.5 Å². The van der Waals surface area contributed by atoms with Crippen LogP contribution in [-0.4, -0.2) is 48.1 Å². The normalized spacial score (nSPS) is 16.1. The van der Waals surface area contributed by atoms with E-state index in [0.717, 1.165) is 16.9 Å². The number of nitrogens with zero attached hydrogens (tertiary/aromatic N) is 2. The van der Waals surface area contributed by atoms with Gasteiger partial charge in [0.1, 0.15) is 35.3 Å². The van der Waals surface area contributed by atoms with Crippen molar-refractivity contribution in [2.45, 2.75) is 19.9 Å². The van der Waals surface area contributed by atoms with Gasteiger partial charge in [-0.15, -0.1) is 0 Å². The van der Waals surface area contributed by atoms with Crippen LogP contribution < -0.4 is 14.4 Å². The van der Waals surface area contributed by atoms with Gasteiger partial charge in [-0.05, 0) is 55.3 Å². The maximum absolute atomic E-state index is 13.5. The number of ether oxygens (including phenoxy) is 3. The molecule has 206 valence electrons. The molecule has 0 spiro atoms. The van der Waals surface area contributed by atoms with Crippen molar-refractivity contribution in [3.05, 3.63) is 101 Å². The third-order valence-corrected chi connectivity index (χ3v) is 7.31. The van der Waals surface area contributed by atoms with Crippen molar-refractivity contribution in [2.24, 2.45) is 0 Å². The Morgan fingerprint density at radius 2 is 1.75 bits per heavy atom. The molecular weight excluding hydrogens is 532 g/mol. The Morgan fingerprint density at radius 3 is 2.38 bits per heavy atom. The summed E-state index contributed by atoms with van der Waals surface area (Å²) in [5.41, 5.74) is 1.83. The minimum absolute atomic E-state index is 0.114. The largest absolute Gasteiger partial charge is 0.507 e. The lowest BCUT2D eigenvalue weighted by Gasteiger charge is -2.23. The molecule has 2 heterocycles. The average Bonchev–Trinajstić information content (AvgIpc) is 3.46. The van der Waals surface area contributed by atoms with Crippen molar-refractivity contribution < 1.29 is 33.7 Å². The molecule has 4 rings (SSSR count). The fraction of sp³-hybridized carbons (Fsp3) is 0.200. The second-order valence-electron chi connectivity index (χ2n) is 8.82. The smallest absolute Gasteiger partial charge is 0.350 e. The first-order chi connectivity index (χ1) is 19.2. The van der Waals surface area contributed by atoms with Gasteiger partial charge in [0.05, 0.1) is 24.4 Å². The molecule has 40 heavy (non-hydrogen) atoms. The number of benzene rings is 2. The number of esters is 1. The summed E-state index contributed by atoms with van der Waals surface area (Å²) in [5.74, 6) is -1.57. The number of anilines is 1. The van der Waals surface area contributed by atoms with E-state index in [1.165, 1.54) is 12.0 Å². The van der Waals surface area contributed by atoms with E-state index >= 15 is 0 Å². The van der Waals surface area contributed by atoms with Gasteiger partial charge in [0.25, 0.3) is 5.78 Å². The lowest BCUT2D eigenvalue weighted by Crippen LogP contribution is -2.29. The Morgan fingerprint density at radius 1 is 1.07 bits per heavy atom. The van der Waals surface area contributed by atoms with Gasteiger partial charge in [0.2, 0.25) is 0 Å². The summed E-state index contributed by atoms with van der Waals surface area (Å²) >= 11 is 0.932. The summed E-state index contributed by atoms with van der Waals surface area (Å²) in [4.78, 5) is 45.0. The van der Waals surface area contributed by atoms with Crippen LogP contribution in [0.1, 0.15) is 38.1 Å². The first-order valence-corrected chi connectivity index (χ1v) is 13.1. The molecule has 9 nitrogen and oxygen atoms in total. The number of ketones is 1. The SMILES string of the molecule is C=CCOc1ccc(C2C(=C(O)c3ccc(OCC=C)c(C)c3)C(=O)C(=O)N2c2nc(C)c(C(=O)OC)s2)cc1. The lowest BCUT2D eigenvalue weighted by atomic mass is 9.95. The van der Waals surface area contributed by atoms with E-state index < -0.39 is 23.7 Å². The number of aliphatic hydroxyl groups excluding tert-OH is 1. The van der Waals surface area contributed by atoms with Crippen molar-refractivity contribution in [2.75, 3.05) is 25.2 Å². The van der Waals surface area contributed by atoms with Crippen LogP contribution >= 0.6 is 11.3 Å². The second-order valence-corrected chi connectivity index (χ2v) is 9.80. The van der Waals surface area contributed by atoms with Gasteiger partial charge in [-0.2, -0.15) is 0 Å². The van der Waals surface area contributed by atoms with Gasteiger partial charge < -0.3 is 19.3 Å². The fourth-order valence-corrected chi connectivity index (χ4v) is 5.29. The number of aromatic nitrogens is 1. The highest BCUT2D eigenvalue weighted by Gasteiger charge is 2.48. The maximum Gasteiger partial charge on any atom is 0.350 e. The summed E-state index contributed by atoms with van der Waals surface area (Å²) in [6, 6.07) is 10.7. The van der Waals surface area contributed by atoms with Gasteiger partial charge >= 0.3 is 11.9 Å². The van der Waals surface area contributed by atoms with Crippen LogP contribution in [0.5, 0.6) is 11.5 Å². The molecule has 1 fully saturated rings. The molecule has 0 saturated carbocycles. The van der Waals surface area contributed by atoms with E-state index in [4.69, 9.17) is 14.2 Å². The highest BCUT2D eigenvalue weighted by Crippen LogP contribution is 2.44. The van der Waals surface area contributed by atoms with Crippen LogP contribution in [0.15, 0.2) is 73.3 Å². The fourth-order valence-electron chi connectivity index (χ4n) is 4.28. The Labute approximate surface area is 235 Å². The van der Waals surface area contributed by atoms with Gasteiger partial charge in [0.15, 0.2) is 5.13 Å². The number of carbonyl (C=O) groups excluding carboxylic acids is 3. The van der Waals surface area contributed by atoms with Crippen molar-refractivity contribution in [1.29, 1.82) is 0 Å². The molecule has 10 heteroatoms. The molecule has 0 radical (unpaired) electrons. The molecule has 1 atom stereocenters. The number of amides is 1. The van der Waals surface area contributed by atoms with E-state index in [1.807, 2.05) is 0 Å². The number of Topliss-reactive ketones (excluding diaryl/α,β-unsaturated/α-hetero) is 1. The zero-order valence-corrected chi connectivity index (χ0v) is 23.1. The predicted octanol–water partition coefficient (Wildman–Crippen LogP) is 5.30. The quantitative estimate of drug-likeness (QED) is 0.117. The minimum Gasteiger partial charge on any atom is -0.507 e. The van der Waals surface area contributed by atoms with Crippen molar-refractivity contribution in [3.8, 4) is 11.5 Å². The predicted molar refractivity (Wildman–Crippen MR) is 152 cm³/mol. The van der Waals surface area contributed by atoms with Crippen LogP contribution in [-0.2, 0) is 14.3 Å². The Hall–Kier alpha value is -4.70. The third kappa shape index (κ3) is 5.39. The zero-order chi connectivity index (χ0) is 29.0. The average molecular weight is 561 g/mol. The molecule has 1 aromatic heterocycles. The van der Waals surface area contributed by atoms with Gasteiger partial charge in [-0.3, -0.25) is 14.5 Å². The van der Waals surface area contributed by atoms with E-state index in [9.17, 15) is 19.5 Å². The molecule has 2 aromatic carbocycles. The number of thiazole rings is 1. The van der Waals surface area contributed by atoms with E-state index in [0.29, 0.717) is 41.5 Å². The third-order valence-electron chi connectivity index (χ3n) is 6.18. The summed E-state index contributed by atoms with van der Waals surface area (Å²) < 4.78 is 16.0. The number of aliphatic hydroxyl groups is 1. The Kier molecular flexibility index (Phi) is 8.49. The molecule has 0 aliphatic carbocycles. The molecule has 1 amide bonds. The first-order valence-electron chi connectivity index (χ1n) is 12.3. The topological polar surface area (TPSA) is 115 Å². The molecule has 1 unspecified atom stereocenters. The number of carbonyl (C=O) groups is 3. The number of rotatable bonds is 10. The van der Waals surface area contributed by atoms with Crippen LogP contribution in [0, 0.1) is 13.8 Å². The number of aryl methyl sites for hydroxylation is 2. The van der Waals surface area contributed by atoms with Crippen molar-refractivity contribution >= 4 is 39.9 Å². The summed E-state index contributed by atoms with van der Waals surface area (Å²) in [7, 11) is 1.25. The standard InChI is InChI=1S/C30H28N2O7S/c1-6-14-38-21-11-8-19(9-12-21)24-23(25(33)20-10-13-22(17(3)16-20)39-15-7-2)26(34)28(35)32(24)30-31-18(4)27(40-30)29(36)37-5/h6-13,16,24,33H,1-2,14-15H2,3-5H3. The number of methoxy groups -OCH3 is 1. The minimum atomic E-state index is -1.03. The van der Waals surface area contributed by atoms with E-state index in [2.05, 4.69) is 18.1 Å². The highest BCUT2D eigenvalue weighted by atomic mass is 32.1. The Bertz CT molecular complexity index is 1520. The van der Waals surface area contributed by atoms with Crippen molar-refractivity contribution in [1.82, 2.24) is 4.98 Å². The van der Waals surface area contributed by atoms with Gasteiger partial charge in [0, 0.05) is 5.56 Å². The second kappa shape index (κ2) is 12.0. The lowest BCUT2D eigenvalue weighted by molar-refractivity contribution is -0.132. The van der Waals surface area contributed by atoms with Gasteiger partial charge in [-0.1, -0.05) is 48.8 Å². The molecule has 1 aliphatic rings.